The van der Waals surface area contributed by atoms with Gasteiger partial charge < -0.3 is 15.0 Å². The average molecular weight is 325 g/mol. The molecular weight excluding hydrogens is 288 g/mol. The summed E-state index contributed by atoms with van der Waals surface area (Å²) in [5.41, 5.74) is -0.407. The summed E-state index contributed by atoms with van der Waals surface area (Å²) in [4.78, 5) is 14.2. The molecular formula is C19H36N2O2. The fraction of sp³-hybridized carbons (Fsp3) is 0.947. The third kappa shape index (κ3) is 5.10. The standard InChI is InChI=1S/C19H36N2O2/c1-6-14-7-9-15(10-8-14)17(20-5)16-11-12-21(13-16)18(22)23-19(2,3)4/h14-17,20H,6-13H2,1-5H3. The van der Waals surface area contributed by atoms with Crippen molar-refractivity contribution in [2.45, 2.75) is 77.9 Å². The van der Waals surface area contributed by atoms with Gasteiger partial charge in [-0.15, -0.1) is 0 Å². The molecule has 4 heteroatoms. The van der Waals surface area contributed by atoms with Gasteiger partial charge in [-0.05, 0) is 64.8 Å². The van der Waals surface area contributed by atoms with E-state index in [0.717, 1.165) is 31.3 Å². The predicted octanol–water partition coefficient (Wildman–Crippen LogP) is 4.05. The maximum Gasteiger partial charge on any atom is 0.410 e. The van der Waals surface area contributed by atoms with E-state index in [9.17, 15) is 4.79 Å². The minimum Gasteiger partial charge on any atom is -0.444 e. The van der Waals surface area contributed by atoms with Gasteiger partial charge in [-0.3, -0.25) is 0 Å². The molecule has 134 valence electrons. The lowest BCUT2D eigenvalue weighted by Gasteiger charge is -2.36. The zero-order chi connectivity index (χ0) is 17.0. The highest BCUT2D eigenvalue weighted by Crippen LogP contribution is 2.36. The van der Waals surface area contributed by atoms with E-state index in [1.165, 1.54) is 32.1 Å². The maximum atomic E-state index is 12.3. The molecule has 1 N–H and O–H groups in total. The van der Waals surface area contributed by atoms with Crippen LogP contribution in [-0.2, 0) is 4.74 Å². The topological polar surface area (TPSA) is 41.6 Å². The van der Waals surface area contributed by atoms with E-state index >= 15 is 0 Å². The van der Waals surface area contributed by atoms with Crippen molar-refractivity contribution >= 4 is 6.09 Å². The molecule has 2 atom stereocenters. The van der Waals surface area contributed by atoms with Gasteiger partial charge in [0.15, 0.2) is 0 Å². The van der Waals surface area contributed by atoms with Gasteiger partial charge in [0.25, 0.3) is 0 Å². The number of carbonyl (C=O) groups is 1. The zero-order valence-electron chi connectivity index (χ0n) is 15.7. The van der Waals surface area contributed by atoms with Gasteiger partial charge in [-0.1, -0.05) is 26.2 Å². The van der Waals surface area contributed by atoms with Crippen LogP contribution in [0.1, 0.15) is 66.2 Å². The Morgan fingerprint density at radius 3 is 2.35 bits per heavy atom. The Hall–Kier alpha value is -0.770. The molecule has 0 radical (unpaired) electrons. The molecule has 1 saturated carbocycles. The highest BCUT2D eigenvalue weighted by atomic mass is 16.6. The number of rotatable bonds is 4. The van der Waals surface area contributed by atoms with Crippen molar-refractivity contribution in [1.29, 1.82) is 0 Å². The van der Waals surface area contributed by atoms with Crippen molar-refractivity contribution in [2.24, 2.45) is 17.8 Å². The van der Waals surface area contributed by atoms with E-state index in [2.05, 4.69) is 19.3 Å². The van der Waals surface area contributed by atoms with Crippen LogP contribution in [0.25, 0.3) is 0 Å². The first-order valence-corrected chi connectivity index (χ1v) is 9.49. The molecule has 0 aromatic heterocycles. The van der Waals surface area contributed by atoms with Crippen LogP contribution in [0.3, 0.4) is 0 Å². The second-order valence-corrected chi connectivity index (χ2v) is 8.48. The molecule has 1 saturated heterocycles. The van der Waals surface area contributed by atoms with Crippen LogP contribution >= 0.6 is 0 Å². The summed E-state index contributed by atoms with van der Waals surface area (Å²) >= 11 is 0. The molecule has 1 amide bonds. The van der Waals surface area contributed by atoms with E-state index < -0.39 is 5.60 Å². The molecule has 2 rings (SSSR count). The lowest BCUT2D eigenvalue weighted by molar-refractivity contribution is 0.0282. The molecule has 0 aromatic rings. The zero-order valence-corrected chi connectivity index (χ0v) is 15.7. The Morgan fingerprint density at radius 2 is 1.83 bits per heavy atom. The lowest BCUT2D eigenvalue weighted by atomic mass is 9.74. The van der Waals surface area contributed by atoms with Crippen molar-refractivity contribution in [1.82, 2.24) is 10.2 Å². The maximum absolute atomic E-state index is 12.3. The number of nitrogens with one attached hydrogen (secondary N) is 1. The van der Waals surface area contributed by atoms with E-state index in [0.29, 0.717) is 12.0 Å². The highest BCUT2D eigenvalue weighted by Gasteiger charge is 2.37. The van der Waals surface area contributed by atoms with Crippen molar-refractivity contribution in [3.8, 4) is 0 Å². The van der Waals surface area contributed by atoms with Crippen molar-refractivity contribution in [3.05, 3.63) is 0 Å². The largest absolute Gasteiger partial charge is 0.444 e. The predicted molar refractivity (Wildman–Crippen MR) is 94.5 cm³/mol. The number of hydrogen-bond donors (Lipinski definition) is 1. The Kier molecular flexibility index (Phi) is 6.35. The number of amides is 1. The molecule has 0 spiro atoms. The molecule has 1 aliphatic heterocycles. The summed E-state index contributed by atoms with van der Waals surface area (Å²) < 4.78 is 5.52. The van der Waals surface area contributed by atoms with Crippen LogP contribution < -0.4 is 5.32 Å². The van der Waals surface area contributed by atoms with Gasteiger partial charge in [0.05, 0.1) is 0 Å². The second kappa shape index (κ2) is 7.87. The van der Waals surface area contributed by atoms with Gasteiger partial charge in [0, 0.05) is 19.1 Å². The summed E-state index contributed by atoms with van der Waals surface area (Å²) in [6.07, 6.45) is 7.71. The number of carbonyl (C=O) groups excluding carboxylic acids is 1. The summed E-state index contributed by atoms with van der Waals surface area (Å²) in [5, 5.41) is 3.58. The van der Waals surface area contributed by atoms with E-state index in [1.807, 2.05) is 25.7 Å². The Morgan fingerprint density at radius 1 is 1.17 bits per heavy atom. The fourth-order valence-electron chi connectivity index (χ4n) is 4.38. The summed E-state index contributed by atoms with van der Waals surface area (Å²) in [6.45, 7) is 9.79. The van der Waals surface area contributed by atoms with Gasteiger partial charge >= 0.3 is 6.09 Å². The summed E-state index contributed by atoms with van der Waals surface area (Å²) in [7, 11) is 2.09. The first kappa shape index (κ1) is 18.6. The van der Waals surface area contributed by atoms with Gasteiger partial charge in [-0.2, -0.15) is 0 Å². The third-order valence-electron chi connectivity index (χ3n) is 5.69. The molecule has 2 unspecified atom stereocenters. The molecule has 0 bridgehead atoms. The number of hydrogen-bond acceptors (Lipinski definition) is 3. The number of likely N-dealkylation sites (tertiary alicyclic amines) is 1. The second-order valence-electron chi connectivity index (χ2n) is 8.48. The first-order chi connectivity index (χ1) is 10.8. The van der Waals surface area contributed by atoms with Crippen LogP contribution in [0, 0.1) is 17.8 Å². The van der Waals surface area contributed by atoms with E-state index in [1.54, 1.807) is 0 Å². The fourth-order valence-corrected chi connectivity index (χ4v) is 4.38. The first-order valence-electron chi connectivity index (χ1n) is 9.49. The smallest absolute Gasteiger partial charge is 0.410 e. The van der Waals surface area contributed by atoms with Crippen LogP contribution in [-0.4, -0.2) is 42.8 Å². The van der Waals surface area contributed by atoms with E-state index in [4.69, 9.17) is 4.74 Å². The SMILES string of the molecule is CCC1CCC(C(NC)C2CCN(C(=O)OC(C)(C)C)C2)CC1. The minimum absolute atomic E-state index is 0.149. The van der Waals surface area contributed by atoms with Gasteiger partial charge in [0.2, 0.25) is 0 Å². The molecule has 0 aromatic carbocycles. The molecule has 23 heavy (non-hydrogen) atoms. The van der Waals surface area contributed by atoms with Gasteiger partial charge in [-0.25, -0.2) is 4.79 Å². The molecule has 2 aliphatic rings. The van der Waals surface area contributed by atoms with Crippen molar-refractivity contribution in [2.75, 3.05) is 20.1 Å². The quantitative estimate of drug-likeness (QED) is 0.848. The summed E-state index contributed by atoms with van der Waals surface area (Å²) in [6, 6.07) is 0.542. The average Bonchev–Trinajstić information content (AvgIpc) is 2.97. The highest BCUT2D eigenvalue weighted by molar-refractivity contribution is 5.68. The van der Waals surface area contributed by atoms with Crippen molar-refractivity contribution in [3.63, 3.8) is 0 Å². The Balaban J connectivity index is 1.87. The molecule has 1 heterocycles. The molecule has 4 nitrogen and oxygen atoms in total. The number of nitrogens with zero attached hydrogens (tertiary/aromatic N) is 1. The van der Waals surface area contributed by atoms with Crippen molar-refractivity contribution < 1.29 is 9.53 Å². The Labute approximate surface area is 142 Å². The monoisotopic (exact) mass is 324 g/mol. The molecule has 1 aliphatic carbocycles. The normalized spacial score (nSPS) is 30.3. The minimum atomic E-state index is -0.407. The van der Waals surface area contributed by atoms with E-state index in [-0.39, 0.29) is 6.09 Å². The summed E-state index contributed by atoms with van der Waals surface area (Å²) in [5.74, 6) is 2.27. The number of ether oxygens (including phenoxy) is 1. The lowest BCUT2D eigenvalue weighted by Crippen LogP contribution is -2.43. The third-order valence-corrected chi connectivity index (χ3v) is 5.69. The Bertz CT molecular complexity index is 383. The molecule has 2 fully saturated rings. The van der Waals surface area contributed by atoms with Crippen LogP contribution in [0.15, 0.2) is 0 Å². The van der Waals surface area contributed by atoms with Gasteiger partial charge in [0.1, 0.15) is 5.60 Å². The van der Waals surface area contributed by atoms with Crippen LogP contribution in [0.2, 0.25) is 0 Å². The van der Waals surface area contributed by atoms with Crippen LogP contribution in [0.4, 0.5) is 4.79 Å². The van der Waals surface area contributed by atoms with Crippen LogP contribution in [0.5, 0.6) is 0 Å².